The van der Waals surface area contributed by atoms with Crippen LogP contribution in [0.25, 0.3) is 0 Å². The molecule has 0 aliphatic carbocycles. The lowest BCUT2D eigenvalue weighted by atomic mass is 10.0. The molecule has 1 aromatic carbocycles. The third-order valence-corrected chi connectivity index (χ3v) is 6.02. The molecule has 2 aromatic rings. The van der Waals surface area contributed by atoms with Gasteiger partial charge in [-0.25, -0.2) is 0 Å². The van der Waals surface area contributed by atoms with E-state index in [4.69, 9.17) is 0 Å². The lowest BCUT2D eigenvalue weighted by Gasteiger charge is -2.35. The van der Waals surface area contributed by atoms with Crippen LogP contribution in [0, 0.1) is 0 Å². The standard InChI is InChI=1S/C17H21BrN2S/c1-2-13-7-8-16(21-13)17(20-11-9-19-10-12-20)14-5-3-4-6-15(14)18/h3-8,17,19H,2,9-12H2,1H3. The van der Waals surface area contributed by atoms with Crippen LogP contribution in [-0.2, 0) is 6.42 Å². The zero-order chi connectivity index (χ0) is 14.7. The Morgan fingerprint density at radius 1 is 1.19 bits per heavy atom. The fourth-order valence-corrected chi connectivity index (χ4v) is 4.51. The molecule has 1 unspecified atom stereocenters. The Kier molecular flexibility index (Phi) is 5.11. The Morgan fingerprint density at radius 2 is 1.95 bits per heavy atom. The van der Waals surface area contributed by atoms with Gasteiger partial charge in [0.2, 0.25) is 0 Å². The molecule has 1 N–H and O–H groups in total. The SMILES string of the molecule is CCc1ccc(C(c2ccccc2Br)N2CCNCC2)s1. The summed E-state index contributed by atoms with van der Waals surface area (Å²) in [6.07, 6.45) is 1.12. The van der Waals surface area contributed by atoms with Crippen molar-refractivity contribution in [3.05, 3.63) is 56.2 Å². The van der Waals surface area contributed by atoms with Gasteiger partial charge < -0.3 is 5.32 Å². The number of halogens is 1. The zero-order valence-corrected chi connectivity index (χ0v) is 14.7. The first kappa shape index (κ1) is 15.2. The predicted molar refractivity (Wildman–Crippen MR) is 94.1 cm³/mol. The highest BCUT2D eigenvalue weighted by Gasteiger charge is 2.26. The van der Waals surface area contributed by atoms with Crippen molar-refractivity contribution in [2.75, 3.05) is 26.2 Å². The lowest BCUT2D eigenvalue weighted by Crippen LogP contribution is -2.45. The Hall–Kier alpha value is -0.680. The molecule has 1 aromatic heterocycles. The highest BCUT2D eigenvalue weighted by molar-refractivity contribution is 9.10. The Labute approximate surface area is 139 Å². The Morgan fingerprint density at radius 3 is 2.62 bits per heavy atom. The summed E-state index contributed by atoms with van der Waals surface area (Å²) in [5.41, 5.74) is 1.38. The van der Waals surface area contributed by atoms with E-state index >= 15 is 0 Å². The molecule has 0 amide bonds. The van der Waals surface area contributed by atoms with Crippen LogP contribution in [0.2, 0.25) is 0 Å². The number of hydrogen-bond acceptors (Lipinski definition) is 3. The third kappa shape index (κ3) is 3.39. The summed E-state index contributed by atoms with van der Waals surface area (Å²) in [5, 5.41) is 3.45. The number of nitrogens with zero attached hydrogens (tertiary/aromatic N) is 1. The van der Waals surface area contributed by atoms with Crippen molar-refractivity contribution in [3.63, 3.8) is 0 Å². The summed E-state index contributed by atoms with van der Waals surface area (Å²) in [7, 11) is 0. The van der Waals surface area contributed by atoms with E-state index in [9.17, 15) is 0 Å². The second-order valence-electron chi connectivity index (χ2n) is 5.37. The van der Waals surface area contributed by atoms with Crippen molar-refractivity contribution in [1.29, 1.82) is 0 Å². The normalized spacial score (nSPS) is 17.8. The minimum Gasteiger partial charge on any atom is -0.314 e. The fraction of sp³-hybridized carbons (Fsp3) is 0.412. The maximum atomic E-state index is 3.75. The number of rotatable bonds is 4. The van der Waals surface area contributed by atoms with Crippen molar-refractivity contribution in [1.82, 2.24) is 10.2 Å². The highest BCUT2D eigenvalue weighted by atomic mass is 79.9. The van der Waals surface area contributed by atoms with E-state index in [1.165, 1.54) is 19.8 Å². The molecule has 3 rings (SSSR count). The lowest BCUT2D eigenvalue weighted by molar-refractivity contribution is 0.200. The van der Waals surface area contributed by atoms with Crippen LogP contribution in [0.5, 0.6) is 0 Å². The molecule has 4 heteroatoms. The first-order valence-electron chi connectivity index (χ1n) is 7.57. The maximum absolute atomic E-state index is 3.75. The van der Waals surface area contributed by atoms with Gasteiger partial charge in [-0.2, -0.15) is 0 Å². The molecule has 1 aliphatic rings. The van der Waals surface area contributed by atoms with Crippen molar-refractivity contribution >= 4 is 27.3 Å². The summed E-state index contributed by atoms with van der Waals surface area (Å²) >= 11 is 5.70. The first-order chi connectivity index (χ1) is 10.3. The van der Waals surface area contributed by atoms with E-state index in [0.29, 0.717) is 6.04 Å². The van der Waals surface area contributed by atoms with Gasteiger partial charge in [-0.1, -0.05) is 41.1 Å². The molecule has 2 heterocycles. The van der Waals surface area contributed by atoms with Gasteiger partial charge in [-0.15, -0.1) is 11.3 Å². The van der Waals surface area contributed by atoms with Crippen LogP contribution in [0.15, 0.2) is 40.9 Å². The number of piperazine rings is 1. The third-order valence-electron chi connectivity index (χ3n) is 4.02. The van der Waals surface area contributed by atoms with E-state index in [-0.39, 0.29) is 0 Å². The van der Waals surface area contributed by atoms with Crippen LogP contribution in [-0.4, -0.2) is 31.1 Å². The van der Waals surface area contributed by atoms with Gasteiger partial charge in [0.1, 0.15) is 0 Å². The summed E-state index contributed by atoms with van der Waals surface area (Å²) < 4.78 is 1.21. The van der Waals surface area contributed by atoms with Crippen LogP contribution >= 0.6 is 27.3 Å². The molecule has 112 valence electrons. The Bertz CT molecular complexity index is 590. The molecular formula is C17H21BrN2S. The summed E-state index contributed by atoms with van der Waals surface area (Å²) in [4.78, 5) is 5.53. The van der Waals surface area contributed by atoms with Gasteiger partial charge >= 0.3 is 0 Å². The van der Waals surface area contributed by atoms with Gasteiger partial charge in [0.25, 0.3) is 0 Å². The fourth-order valence-electron chi connectivity index (χ4n) is 2.90. The largest absolute Gasteiger partial charge is 0.314 e. The second-order valence-corrected chi connectivity index (χ2v) is 7.42. The average Bonchev–Trinajstić information content (AvgIpc) is 2.99. The molecule has 1 saturated heterocycles. The van der Waals surface area contributed by atoms with Crippen LogP contribution in [0.4, 0.5) is 0 Å². The molecule has 1 aliphatic heterocycles. The predicted octanol–water partition coefficient (Wildman–Crippen LogP) is 4.07. The van der Waals surface area contributed by atoms with Crippen LogP contribution in [0.3, 0.4) is 0 Å². The topological polar surface area (TPSA) is 15.3 Å². The van der Waals surface area contributed by atoms with Gasteiger partial charge in [0, 0.05) is 40.4 Å². The van der Waals surface area contributed by atoms with E-state index < -0.39 is 0 Å². The number of hydrogen-bond donors (Lipinski definition) is 1. The van der Waals surface area contributed by atoms with Gasteiger partial charge in [0.05, 0.1) is 6.04 Å². The van der Waals surface area contributed by atoms with Gasteiger partial charge in [0.15, 0.2) is 0 Å². The zero-order valence-electron chi connectivity index (χ0n) is 12.3. The smallest absolute Gasteiger partial charge is 0.0708 e. The maximum Gasteiger partial charge on any atom is 0.0708 e. The summed E-state index contributed by atoms with van der Waals surface area (Å²) in [6, 6.07) is 13.6. The molecule has 21 heavy (non-hydrogen) atoms. The summed E-state index contributed by atoms with van der Waals surface area (Å²) in [6.45, 7) is 6.59. The van der Waals surface area contributed by atoms with Crippen molar-refractivity contribution in [2.45, 2.75) is 19.4 Å². The number of benzene rings is 1. The van der Waals surface area contributed by atoms with Gasteiger partial charge in [-0.3, -0.25) is 4.90 Å². The molecule has 2 nitrogen and oxygen atoms in total. The number of thiophene rings is 1. The minimum atomic E-state index is 0.368. The second kappa shape index (κ2) is 7.05. The van der Waals surface area contributed by atoms with E-state index in [1.807, 2.05) is 11.3 Å². The molecule has 1 atom stereocenters. The monoisotopic (exact) mass is 364 g/mol. The average molecular weight is 365 g/mol. The molecule has 1 fully saturated rings. The number of aryl methyl sites for hydroxylation is 1. The summed E-state index contributed by atoms with van der Waals surface area (Å²) in [5.74, 6) is 0. The molecular weight excluding hydrogens is 344 g/mol. The quantitative estimate of drug-likeness (QED) is 0.879. The van der Waals surface area contributed by atoms with Gasteiger partial charge in [-0.05, 0) is 30.2 Å². The molecule has 0 saturated carbocycles. The van der Waals surface area contributed by atoms with Crippen molar-refractivity contribution in [3.8, 4) is 0 Å². The molecule has 0 spiro atoms. The van der Waals surface area contributed by atoms with Crippen LogP contribution < -0.4 is 5.32 Å². The van der Waals surface area contributed by atoms with E-state index in [1.54, 1.807) is 0 Å². The molecule has 0 bridgehead atoms. The van der Waals surface area contributed by atoms with Crippen molar-refractivity contribution in [2.24, 2.45) is 0 Å². The Balaban J connectivity index is 1.99. The van der Waals surface area contributed by atoms with E-state index in [0.717, 1.165) is 32.6 Å². The van der Waals surface area contributed by atoms with E-state index in [2.05, 4.69) is 69.5 Å². The van der Waals surface area contributed by atoms with Crippen molar-refractivity contribution < 1.29 is 0 Å². The number of nitrogens with one attached hydrogen (secondary N) is 1. The minimum absolute atomic E-state index is 0.368. The molecule has 0 radical (unpaired) electrons. The van der Waals surface area contributed by atoms with Crippen LogP contribution in [0.1, 0.15) is 28.3 Å². The first-order valence-corrected chi connectivity index (χ1v) is 9.18. The highest BCUT2D eigenvalue weighted by Crippen LogP contribution is 2.37.